The van der Waals surface area contributed by atoms with Crippen LogP contribution >= 0.6 is 0 Å². The Kier molecular flexibility index (Phi) is 5.71. The second-order valence-corrected chi connectivity index (χ2v) is 10.1. The van der Waals surface area contributed by atoms with Crippen LogP contribution in [0.4, 0.5) is 0 Å². The largest absolute Gasteiger partial charge is 0.477 e. The molecular formula is C24H32N5O5+. The maximum atomic E-state index is 13.3. The van der Waals surface area contributed by atoms with Crippen molar-refractivity contribution in [2.75, 3.05) is 13.2 Å². The molecule has 0 spiro atoms. The summed E-state index contributed by atoms with van der Waals surface area (Å²) < 4.78 is 8.45. The number of aromatic hydroxyl groups is 1. The number of nitrogens with one attached hydrogen (secondary N) is 2. The highest BCUT2D eigenvalue weighted by atomic mass is 16.5. The highest BCUT2D eigenvalue weighted by molar-refractivity contribution is 5.96. The van der Waals surface area contributed by atoms with E-state index in [-0.39, 0.29) is 41.4 Å². The fraction of sp³-hybridized carbons (Fsp3) is 0.583. The first-order valence-electron chi connectivity index (χ1n) is 12.0. The Morgan fingerprint density at radius 2 is 1.91 bits per heavy atom. The maximum absolute atomic E-state index is 13.3. The molecule has 2 bridgehead atoms. The Balaban J connectivity index is 1.58. The summed E-state index contributed by atoms with van der Waals surface area (Å²) in [6, 6.07) is 0.256. The van der Waals surface area contributed by atoms with Crippen LogP contribution in [-0.2, 0) is 16.1 Å². The third-order valence-corrected chi connectivity index (χ3v) is 6.86. The molecular weight excluding hydrogens is 438 g/mol. The number of aromatic nitrogens is 3. The van der Waals surface area contributed by atoms with E-state index in [0.717, 1.165) is 25.7 Å². The molecule has 5 rings (SSSR count). The van der Waals surface area contributed by atoms with Crippen molar-refractivity contribution in [3.63, 3.8) is 0 Å². The van der Waals surface area contributed by atoms with Crippen molar-refractivity contribution in [2.45, 2.75) is 71.1 Å². The zero-order valence-electron chi connectivity index (χ0n) is 19.8. The molecule has 10 heteroatoms. The minimum Gasteiger partial charge on any atom is -0.477 e. The van der Waals surface area contributed by atoms with Crippen LogP contribution < -0.4 is 15.4 Å². The molecule has 34 heavy (non-hydrogen) atoms. The van der Waals surface area contributed by atoms with E-state index in [2.05, 4.69) is 10.4 Å². The van der Waals surface area contributed by atoms with Gasteiger partial charge in [-0.15, -0.1) is 0 Å². The van der Waals surface area contributed by atoms with Crippen molar-refractivity contribution in [1.29, 1.82) is 0 Å². The predicted molar refractivity (Wildman–Crippen MR) is 123 cm³/mol. The van der Waals surface area contributed by atoms with Crippen LogP contribution in [0.2, 0.25) is 0 Å². The normalized spacial score (nSPS) is 22.3. The molecule has 2 unspecified atom stereocenters. The quantitative estimate of drug-likeness (QED) is 0.428. The third-order valence-electron chi connectivity index (χ3n) is 6.86. The van der Waals surface area contributed by atoms with Gasteiger partial charge in [-0.1, -0.05) is 18.4 Å². The molecule has 2 amide bonds. The van der Waals surface area contributed by atoms with Crippen molar-refractivity contribution < 1.29 is 24.0 Å². The van der Waals surface area contributed by atoms with Crippen LogP contribution in [0.15, 0.2) is 10.9 Å². The molecule has 1 saturated carbocycles. The molecule has 2 aromatic rings. The van der Waals surface area contributed by atoms with Crippen molar-refractivity contribution in [3.05, 3.63) is 33.3 Å². The van der Waals surface area contributed by atoms with E-state index in [1.807, 2.05) is 18.7 Å². The minimum atomic E-state index is -0.619. The summed E-state index contributed by atoms with van der Waals surface area (Å²) in [5.74, 6) is -0.881. The predicted octanol–water partition coefficient (Wildman–Crippen LogP) is 0.880. The van der Waals surface area contributed by atoms with Gasteiger partial charge in [0, 0.05) is 12.1 Å². The Hall–Kier alpha value is -3.14. The first-order valence-corrected chi connectivity index (χ1v) is 12.0. The van der Waals surface area contributed by atoms with Crippen LogP contribution in [0.25, 0.3) is 11.7 Å². The Labute approximate surface area is 197 Å². The first kappa shape index (κ1) is 22.6. The van der Waals surface area contributed by atoms with Crippen molar-refractivity contribution in [3.8, 4) is 5.88 Å². The number of carbonyl (C=O) groups excluding carboxylic acids is 2. The Morgan fingerprint density at radius 1 is 1.24 bits per heavy atom. The summed E-state index contributed by atoms with van der Waals surface area (Å²) >= 11 is 0. The van der Waals surface area contributed by atoms with E-state index >= 15 is 0 Å². The SMILES string of the molecule is Cc1[nH]n2c(=O)c(C(=O)NC3CC3)c(O)[n+](CC(C)C)c2c1/C=C/C(=O)N1C2CCC1COC2. The van der Waals surface area contributed by atoms with Crippen molar-refractivity contribution in [2.24, 2.45) is 5.92 Å². The monoisotopic (exact) mass is 470 g/mol. The zero-order valence-corrected chi connectivity index (χ0v) is 19.8. The number of carbonyl (C=O) groups is 2. The molecule has 3 aliphatic rings. The van der Waals surface area contributed by atoms with Gasteiger partial charge in [0.2, 0.25) is 11.5 Å². The van der Waals surface area contributed by atoms with E-state index in [1.54, 1.807) is 17.6 Å². The molecule has 10 nitrogen and oxygen atoms in total. The number of rotatable bonds is 6. The van der Waals surface area contributed by atoms with Crippen LogP contribution in [0.5, 0.6) is 5.88 Å². The lowest BCUT2D eigenvalue weighted by Gasteiger charge is -2.33. The molecule has 2 aromatic heterocycles. The number of hydrogen-bond acceptors (Lipinski definition) is 5. The van der Waals surface area contributed by atoms with Gasteiger partial charge in [0.05, 0.1) is 43.1 Å². The van der Waals surface area contributed by atoms with Crippen LogP contribution in [0, 0.1) is 12.8 Å². The summed E-state index contributed by atoms with van der Waals surface area (Å²) in [6.45, 7) is 7.29. The Bertz CT molecular complexity index is 1220. The van der Waals surface area contributed by atoms with Crippen LogP contribution in [-0.4, -0.2) is 62.8 Å². The van der Waals surface area contributed by atoms with Gasteiger partial charge in [0.1, 0.15) is 0 Å². The number of ether oxygens (including phenoxy) is 1. The van der Waals surface area contributed by atoms with Crippen LogP contribution in [0.1, 0.15) is 61.1 Å². The van der Waals surface area contributed by atoms with Gasteiger partial charge >= 0.3 is 17.1 Å². The standard InChI is InChI=1S/C24H31N5O5/c1-13(2)10-27-22-18(8-9-19(30)28-16-6-7-17(28)12-34-11-16)14(3)26-29(22)24(33)20(23(27)32)21(31)25-15-4-5-15/h8-9,13,15-17H,4-7,10-12H2,1-3H3,(H2,25,31,32,33)/p+1/b9-8+. The number of aromatic amines is 1. The van der Waals surface area contributed by atoms with Gasteiger partial charge in [0.25, 0.3) is 5.91 Å². The first-order chi connectivity index (χ1) is 16.3. The average Bonchev–Trinajstić information content (AvgIpc) is 3.48. The highest BCUT2D eigenvalue weighted by Gasteiger charge is 2.40. The maximum Gasteiger partial charge on any atom is 0.378 e. The summed E-state index contributed by atoms with van der Waals surface area (Å²) in [6.07, 6.45) is 6.86. The molecule has 182 valence electrons. The van der Waals surface area contributed by atoms with E-state index < -0.39 is 11.5 Å². The molecule has 3 fully saturated rings. The third kappa shape index (κ3) is 3.89. The lowest BCUT2D eigenvalue weighted by atomic mass is 10.1. The van der Waals surface area contributed by atoms with Gasteiger partial charge in [-0.2, -0.15) is 4.57 Å². The number of morpholine rings is 1. The van der Waals surface area contributed by atoms with Gasteiger partial charge < -0.3 is 20.1 Å². The second kappa shape index (κ2) is 8.57. The van der Waals surface area contributed by atoms with Gasteiger partial charge in [-0.05, 0) is 44.6 Å². The number of fused-ring (bicyclic) bond motifs is 3. The minimum absolute atomic E-state index is 0.0518. The lowest BCUT2D eigenvalue weighted by Crippen LogP contribution is -2.48. The highest BCUT2D eigenvalue weighted by Crippen LogP contribution is 2.29. The van der Waals surface area contributed by atoms with Gasteiger partial charge in [-0.25, -0.2) is 9.89 Å². The number of nitrogens with zero attached hydrogens (tertiary/aromatic N) is 3. The van der Waals surface area contributed by atoms with E-state index in [9.17, 15) is 19.5 Å². The molecule has 0 aromatic carbocycles. The zero-order chi connectivity index (χ0) is 24.1. The summed E-state index contributed by atoms with van der Waals surface area (Å²) in [5, 5.41) is 16.9. The topological polar surface area (TPSA) is 120 Å². The van der Waals surface area contributed by atoms with Crippen LogP contribution in [0.3, 0.4) is 0 Å². The summed E-state index contributed by atoms with van der Waals surface area (Å²) in [4.78, 5) is 41.0. The molecule has 0 radical (unpaired) electrons. The Morgan fingerprint density at radius 3 is 2.53 bits per heavy atom. The fourth-order valence-electron chi connectivity index (χ4n) is 5.08. The number of aryl methyl sites for hydroxylation is 1. The molecule has 3 N–H and O–H groups in total. The van der Waals surface area contributed by atoms with Gasteiger partial charge in [0.15, 0.2) is 0 Å². The van der Waals surface area contributed by atoms with Crippen molar-refractivity contribution >= 4 is 23.5 Å². The van der Waals surface area contributed by atoms with Crippen molar-refractivity contribution in [1.82, 2.24) is 19.8 Å². The summed E-state index contributed by atoms with van der Waals surface area (Å²) in [7, 11) is 0. The smallest absolute Gasteiger partial charge is 0.378 e. The molecule has 1 aliphatic carbocycles. The number of H-pyrrole nitrogens is 1. The number of hydrogen-bond donors (Lipinski definition) is 3. The second-order valence-electron chi connectivity index (χ2n) is 10.1. The van der Waals surface area contributed by atoms with E-state index in [1.165, 1.54) is 10.6 Å². The fourth-order valence-corrected chi connectivity index (χ4v) is 5.08. The number of amides is 2. The molecule has 2 atom stereocenters. The average molecular weight is 471 g/mol. The molecule has 4 heterocycles. The lowest BCUT2D eigenvalue weighted by molar-refractivity contribution is -0.686. The van der Waals surface area contributed by atoms with E-state index in [0.29, 0.717) is 36.7 Å². The van der Waals surface area contributed by atoms with E-state index in [4.69, 9.17) is 4.74 Å². The molecule has 2 saturated heterocycles. The summed E-state index contributed by atoms with van der Waals surface area (Å²) in [5.41, 5.74) is 0.804. The van der Waals surface area contributed by atoms with Gasteiger partial charge in [-0.3, -0.25) is 9.59 Å². The molecule has 2 aliphatic heterocycles.